The van der Waals surface area contributed by atoms with E-state index in [4.69, 9.17) is 38.9 Å². The minimum absolute atomic E-state index is 0.00871. The number of hydrogen-bond acceptors (Lipinski definition) is 18. The molecule has 2 N–H and O–H groups in total. The molecule has 0 aliphatic carbocycles. The summed E-state index contributed by atoms with van der Waals surface area (Å²) in [7, 11) is 0. The summed E-state index contributed by atoms with van der Waals surface area (Å²) < 4.78 is 23.4. The molecule has 0 spiro atoms. The van der Waals surface area contributed by atoms with Gasteiger partial charge in [-0.05, 0) is 84.6 Å². The number of aromatic hydroxyl groups is 2. The second kappa shape index (κ2) is 32.9. The topological polar surface area (TPSA) is 210 Å². The minimum atomic E-state index is -0.479. The Hall–Kier alpha value is -10.8. The van der Waals surface area contributed by atoms with Crippen molar-refractivity contribution in [2.45, 2.75) is 92.6 Å². The van der Waals surface area contributed by atoms with Gasteiger partial charge in [0.2, 0.25) is 0 Å². The number of aromatic nitrogens is 4. The molecule has 0 atom stereocenters. The second-order valence-corrected chi connectivity index (χ2v) is 24.1. The van der Waals surface area contributed by atoms with Gasteiger partial charge in [-0.25, -0.2) is 19.9 Å². The molecule has 0 saturated heterocycles. The summed E-state index contributed by atoms with van der Waals surface area (Å²) >= 11 is 0. The number of benzene rings is 6. The second-order valence-electron chi connectivity index (χ2n) is 24.1. The molecule has 0 fully saturated rings. The Morgan fingerprint density at radius 1 is 0.312 bits per heavy atom. The monoisotopic (exact) mass is 1280 g/mol. The first kappa shape index (κ1) is 66.7. The van der Waals surface area contributed by atoms with Gasteiger partial charge in [0.15, 0.2) is 0 Å². The molecule has 488 valence electrons. The highest BCUT2D eigenvalue weighted by molar-refractivity contribution is 5.73. The molecular weight excluding hydrogens is 1210 g/mol. The Morgan fingerprint density at radius 3 is 0.750 bits per heavy atom. The third-order valence-electron chi connectivity index (χ3n) is 16.1. The Labute approximate surface area is 559 Å². The lowest BCUT2D eigenvalue weighted by Gasteiger charge is -2.25. The number of rotatable bonds is 16. The van der Waals surface area contributed by atoms with Gasteiger partial charge in [0.25, 0.3) is 0 Å². The average Bonchev–Trinajstić information content (AvgIpc) is 0.879. The maximum absolute atomic E-state index is 13.9. The van der Waals surface area contributed by atoms with Crippen LogP contribution in [0.3, 0.4) is 0 Å². The van der Waals surface area contributed by atoms with Crippen LogP contribution in [-0.2, 0) is 117 Å². The zero-order valence-electron chi connectivity index (χ0n) is 53.8. The van der Waals surface area contributed by atoms with Crippen molar-refractivity contribution in [2.24, 2.45) is 0 Å². The number of esters is 4. The molecule has 10 aromatic rings. The summed E-state index contributed by atoms with van der Waals surface area (Å²) in [6.07, 6.45) is 0. The highest BCUT2D eigenvalue weighted by atomic mass is 16.5. The van der Waals surface area contributed by atoms with Crippen molar-refractivity contribution in [2.75, 3.05) is 26.2 Å². The summed E-state index contributed by atoms with van der Waals surface area (Å²) in [5, 5.41) is 24.9. The predicted octanol–water partition coefficient (Wildman–Crippen LogP) is 11.9. The minimum Gasteiger partial charge on any atom is -0.507 e. The number of carbonyl (C=O) groups excluding carboxylic acids is 4. The lowest BCUT2D eigenvalue weighted by atomic mass is 10.0. The van der Waals surface area contributed by atoms with Gasteiger partial charge in [0, 0.05) is 74.6 Å². The van der Waals surface area contributed by atoms with Gasteiger partial charge in [-0.1, -0.05) is 181 Å². The van der Waals surface area contributed by atoms with Crippen LogP contribution in [0, 0.1) is 13.8 Å². The first-order chi connectivity index (χ1) is 46.7. The van der Waals surface area contributed by atoms with E-state index in [0.29, 0.717) is 67.8 Å². The number of nitrogens with zero attached hydrogens (tertiary/aromatic N) is 8. The normalized spacial score (nSPS) is 13.6. The van der Waals surface area contributed by atoms with E-state index >= 15 is 0 Å². The summed E-state index contributed by atoms with van der Waals surface area (Å²) in [5.41, 5.74) is 11.8. The molecule has 18 nitrogen and oxygen atoms in total. The maximum atomic E-state index is 13.9. The van der Waals surface area contributed by atoms with Gasteiger partial charge in [0.05, 0.1) is 71.7 Å². The van der Waals surface area contributed by atoms with Crippen molar-refractivity contribution in [3.05, 3.63) is 297 Å². The van der Waals surface area contributed by atoms with Crippen LogP contribution in [-0.4, -0.2) is 99.8 Å². The average molecular weight is 1290 g/mol. The molecule has 1 aliphatic heterocycles. The Kier molecular flexibility index (Phi) is 22.8. The number of pyridine rings is 4. The fourth-order valence-corrected chi connectivity index (χ4v) is 11.6. The van der Waals surface area contributed by atoms with Crippen LogP contribution in [0.2, 0.25) is 0 Å². The molecular formula is C78H76N8O10. The highest BCUT2D eigenvalue weighted by Crippen LogP contribution is 2.32. The third kappa shape index (κ3) is 19.7. The first-order valence-corrected chi connectivity index (χ1v) is 31.9. The molecule has 6 aromatic carbocycles. The van der Waals surface area contributed by atoms with E-state index in [2.05, 4.69) is 0 Å². The number of carbonyl (C=O) groups is 4. The molecule has 12 bridgehead atoms. The van der Waals surface area contributed by atoms with Crippen molar-refractivity contribution < 1.29 is 48.3 Å². The lowest BCUT2D eigenvalue weighted by Crippen LogP contribution is -2.32. The molecule has 0 saturated carbocycles. The molecule has 11 rings (SSSR count). The van der Waals surface area contributed by atoms with E-state index in [9.17, 15) is 29.4 Å². The van der Waals surface area contributed by atoms with E-state index in [1.165, 1.54) is 0 Å². The maximum Gasteiger partial charge on any atom is 0.320 e. The van der Waals surface area contributed by atoms with E-state index in [1.54, 1.807) is 0 Å². The van der Waals surface area contributed by atoms with Crippen molar-refractivity contribution in [1.29, 1.82) is 0 Å². The van der Waals surface area contributed by atoms with E-state index in [1.807, 2.05) is 252 Å². The van der Waals surface area contributed by atoms with Crippen molar-refractivity contribution >= 4 is 23.9 Å². The molecule has 0 unspecified atom stereocenters. The molecule has 0 radical (unpaired) electrons. The van der Waals surface area contributed by atoms with Gasteiger partial charge in [-0.3, -0.25) is 38.8 Å². The summed E-state index contributed by atoms with van der Waals surface area (Å²) in [4.78, 5) is 83.6. The Balaban J connectivity index is 0.967. The molecule has 4 aromatic heterocycles. The largest absolute Gasteiger partial charge is 0.507 e. The molecule has 96 heavy (non-hydrogen) atoms. The molecule has 0 amide bonds. The zero-order valence-corrected chi connectivity index (χ0v) is 53.8. The van der Waals surface area contributed by atoms with E-state index in [-0.39, 0.29) is 116 Å². The number of hydrogen-bond donors (Lipinski definition) is 2. The molecule has 5 heterocycles. The van der Waals surface area contributed by atoms with E-state index < -0.39 is 23.9 Å². The van der Waals surface area contributed by atoms with Crippen LogP contribution >= 0.6 is 0 Å². The van der Waals surface area contributed by atoms with Crippen LogP contribution in [0.25, 0.3) is 22.8 Å². The Bertz CT molecular complexity index is 3740. The number of aryl methyl sites for hydroxylation is 2. The third-order valence-corrected chi connectivity index (χ3v) is 16.1. The van der Waals surface area contributed by atoms with Crippen molar-refractivity contribution in [1.82, 2.24) is 39.5 Å². The van der Waals surface area contributed by atoms with Gasteiger partial charge in [-0.2, -0.15) is 0 Å². The smallest absolute Gasteiger partial charge is 0.320 e. The summed E-state index contributed by atoms with van der Waals surface area (Å²) in [5.74, 6) is -1.93. The van der Waals surface area contributed by atoms with Gasteiger partial charge < -0.3 is 29.2 Å². The zero-order chi connectivity index (χ0) is 66.6. The number of phenols is 2. The van der Waals surface area contributed by atoms with Gasteiger partial charge in [0.1, 0.15) is 37.9 Å². The van der Waals surface area contributed by atoms with Crippen LogP contribution in [0.4, 0.5) is 0 Å². The molecule has 18 heteroatoms. The van der Waals surface area contributed by atoms with Crippen LogP contribution in [0.5, 0.6) is 11.5 Å². The fourth-order valence-electron chi connectivity index (χ4n) is 11.6. The molecule has 1 aliphatic rings. The van der Waals surface area contributed by atoms with Gasteiger partial charge >= 0.3 is 23.9 Å². The highest BCUT2D eigenvalue weighted by Gasteiger charge is 2.25. The lowest BCUT2D eigenvalue weighted by molar-refractivity contribution is -0.147. The van der Waals surface area contributed by atoms with Crippen LogP contribution in [0.1, 0.15) is 78.4 Å². The van der Waals surface area contributed by atoms with Gasteiger partial charge in [-0.15, -0.1) is 0 Å². The van der Waals surface area contributed by atoms with Crippen LogP contribution in [0.15, 0.2) is 218 Å². The number of fused-ring (bicyclic) bond motifs is 14. The summed E-state index contributed by atoms with van der Waals surface area (Å²) in [6, 6.07) is 67.7. The van der Waals surface area contributed by atoms with Crippen molar-refractivity contribution in [3.8, 4) is 34.3 Å². The Morgan fingerprint density at radius 2 is 0.531 bits per heavy atom. The fraction of sp³-hybridized carbons (Fsp3) is 0.231. The number of ether oxygens (including phenoxy) is 4. The number of phenolic OH excluding ortho intramolecular Hbond substituents is 2. The standard InChI is InChI=1S/C78H76N8O10/c1-55-35-61-39-83(47-73(87)93-51-57-19-7-3-8-20-57)43-65-27-15-31-69(79-65)71-33-17-29-67(81-71)45-85(49-75(89)95-53-59-23-11-5-12-24-59)41-63-37-56(2)38-64(78(63)92)42-86(50-76(90)96-54-60-25-13-6-14-26-60)46-68-30-18-34-72(82-68)70-32-16-28-66(80-70)44-84(40-62(36-55)77(61)91)48-74(88)94-52-58-21-9-4-10-22-58/h3-38,91-92H,39-54H2,1-2H3. The van der Waals surface area contributed by atoms with Crippen LogP contribution < -0.4 is 0 Å². The quantitative estimate of drug-likeness (QED) is 0.0680. The SMILES string of the molecule is Cc1cc2c(O)c(c1)CN(CC(=O)OCc1ccccc1)Cc1cccc(n1)-c1cccc(n1)CN(CC(=O)OCc1ccccc1)Cc1cc(C)cc(c1O)CN(CC(=O)OCc1ccccc1)Cc1cccc(n1)-c1cccc(n1)CN(CC(=O)OCc1ccccc1)C2. The summed E-state index contributed by atoms with van der Waals surface area (Å²) in [6.45, 7) is 4.59. The first-order valence-electron chi connectivity index (χ1n) is 31.9. The predicted molar refractivity (Wildman–Crippen MR) is 362 cm³/mol. The van der Waals surface area contributed by atoms with E-state index in [0.717, 1.165) is 33.4 Å². The van der Waals surface area contributed by atoms with Crippen molar-refractivity contribution in [3.63, 3.8) is 0 Å².